The van der Waals surface area contributed by atoms with Crippen molar-refractivity contribution in [1.82, 2.24) is 0 Å². The van der Waals surface area contributed by atoms with Crippen LogP contribution in [0.15, 0.2) is 60.8 Å². The molecule has 0 bridgehead atoms. The van der Waals surface area contributed by atoms with Gasteiger partial charge in [0.1, 0.15) is 5.82 Å². The predicted molar refractivity (Wildman–Crippen MR) is 93.5 cm³/mol. The van der Waals surface area contributed by atoms with Gasteiger partial charge >= 0.3 is 0 Å². The van der Waals surface area contributed by atoms with Crippen LogP contribution in [-0.2, 0) is 16.1 Å². The summed E-state index contributed by atoms with van der Waals surface area (Å²) >= 11 is 0. The molecule has 0 saturated carbocycles. The fourth-order valence-corrected chi connectivity index (χ4v) is 2.16. The second kappa shape index (κ2) is 8.84. The van der Waals surface area contributed by atoms with E-state index in [4.69, 9.17) is 14.9 Å². The minimum absolute atomic E-state index is 0.0273. The summed E-state index contributed by atoms with van der Waals surface area (Å²) in [5, 5.41) is 10.4. The molecular formula is C19H21FN2O2. The van der Waals surface area contributed by atoms with Crippen LogP contribution in [0.3, 0.4) is 0 Å². The Hall–Kier alpha value is -2.66. The molecule has 0 radical (unpaired) electrons. The maximum Gasteiger partial charge on any atom is 0.206 e. The number of rotatable bonds is 7. The molecule has 0 fully saturated rings. The highest BCUT2D eigenvalue weighted by Crippen LogP contribution is 2.27. The maximum atomic E-state index is 13.6. The van der Waals surface area contributed by atoms with Gasteiger partial charge < -0.3 is 14.8 Å². The van der Waals surface area contributed by atoms with Gasteiger partial charge in [0.05, 0.1) is 19.8 Å². The van der Waals surface area contributed by atoms with Crippen LogP contribution in [0.25, 0.3) is 0 Å². The van der Waals surface area contributed by atoms with Crippen LogP contribution in [0, 0.1) is 11.2 Å². The molecule has 0 amide bonds. The quantitative estimate of drug-likeness (QED) is 0.574. The lowest BCUT2D eigenvalue weighted by atomic mass is 10.1. The molecule has 5 heteroatoms. The zero-order chi connectivity index (χ0) is 17.4. The van der Waals surface area contributed by atoms with Gasteiger partial charge in [-0.2, -0.15) is 0 Å². The zero-order valence-electron chi connectivity index (χ0n) is 13.8. The molecule has 0 aliphatic rings. The van der Waals surface area contributed by atoms with Crippen molar-refractivity contribution in [2.45, 2.75) is 19.6 Å². The fourth-order valence-electron chi connectivity index (χ4n) is 2.16. The Balaban J connectivity index is 2.08. The number of nitrogens with one attached hydrogen (secondary N) is 2. The van der Waals surface area contributed by atoms with Gasteiger partial charge in [-0.25, -0.2) is 4.39 Å². The van der Waals surface area contributed by atoms with Crippen molar-refractivity contribution in [3.8, 4) is 0 Å². The van der Waals surface area contributed by atoms with Crippen molar-refractivity contribution in [1.29, 1.82) is 5.41 Å². The lowest BCUT2D eigenvalue weighted by Crippen LogP contribution is -2.05. The fraction of sp³-hybridized carbons (Fsp3) is 0.211. The minimum atomic E-state index is -0.320. The first-order chi connectivity index (χ1) is 11.6. The maximum absolute atomic E-state index is 13.6. The van der Waals surface area contributed by atoms with Crippen LogP contribution in [-0.4, -0.2) is 13.0 Å². The Morgan fingerprint density at radius 1 is 1.25 bits per heavy atom. The Bertz CT molecular complexity index is 702. The number of benzene rings is 2. The predicted octanol–water partition coefficient (Wildman–Crippen LogP) is 4.65. The molecule has 0 aliphatic heterocycles. The summed E-state index contributed by atoms with van der Waals surface area (Å²) in [6.45, 7) is 2.33. The molecule has 126 valence electrons. The van der Waals surface area contributed by atoms with E-state index in [2.05, 4.69) is 5.32 Å². The van der Waals surface area contributed by atoms with Crippen molar-refractivity contribution in [2.75, 3.05) is 12.4 Å². The van der Waals surface area contributed by atoms with Gasteiger partial charge in [0.25, 0.3) is 0 Å². The normalized spacial score (nSPS) is 12.1. The van der Waals surface area contributed by atoms with E-state index in [9.17, 15) is 4.39 Å². The van der Waals surface area contributed by atoms with Gasteiger partial charge in [0, 0.05) is 23.5 Å². The van der Waals surface area contributed by atoms with Crippen molar-refractivity contribution in [3.63, 3.8) is 0 Å². The summed E-state index contributed by atoms with van der Waals surface area (Å²) in [7, 11) is 1.43. The van der Waals surface area contributed by atoms with Gasteiger partial charge in [0.15, 0.2) is 0 Å². The highest BCUT2D eigenvalue weighted by molar-refractivity contribution is 5.84. The van der Waals surface area contributed by atoms with E-state index in [0.29, 0.717) is 12.2 Å². The van der Waals surface area contributed by atoms with E-state index in [-0.39, 0.29) is 17.8 Å². The van der Waals surface area contributed by atoms with Crippen LogP contribution < -0.4 is 5.32 Å². The first kappa shape index (κ1) is 17.7. The standard InChI is InChI=1S/C19H21FN2O2/c1-14(24-13-15-6-4-3-5-7-15)17-12-16(20)8-9-18(17)22-11-10-19(21)23-2/h3-12,14,21-22H,13H2,1-2H3/b11-10-,21-19?/t14-/m1/s1. The molecule has 0 aromatic heterocycles. The summed E-state index contributed by atoms with van der Waals surface area (Å²) in [6.07, 6.45) is 2.76. The molecule has 2 aromatic carbocycles. The molecule has 2 rings (SSSR count). The topological polar surface area (TPSA) is 54.3 Å². The smallest absolute Gasteiger partial charge is 0.206 e. The third-order valence-electron chi connectivity index (χ3n) is 3.49. The Kier molecular flexibility index (Phi) is 6.51. The molecule has 4 nitrogen and oxygen atoms in total. The Labute approximate surface area is 141 Å². The molecule has 0 aliphatic carbocycles. The van der Waals surface area contributed by atoms with Gasteiger partial charge in [-0.15, -0.1) is 0 Å². The Morgan fingerprint density at radius 2 is 2.00 bits per heavy atom. The van der Waals surface area contributed by atoms with Gasteiger partial charge in [-0.3, -0.25) is 5.41 Å². The van der Waals surface area contributed by atoms with E-state index >= 15 is 0 Å². The van der Waals surface area contributed by atoms with E-state index in [1.54, 1.807) is 12.3 Å². The second-order valence-electron chi connectivity index (χ2n) is 5.22. The van der Waals surface area contributed by atoms with Gasteiger partial charge in [0.2, 0.25) is 5.90 Å². The SMILES string of the molecule is COC(=N)/C=C\Nc1ccc(F)cc1[C@@H](C)OCc1ccccc1. The summed E-state index contributed by atoms with van der Waals surface area (Å²) < 4.78 is 24.2. The second-order valence-corrected chi connectivity index (χ2v) is 5.22. The van der Waals surface area contributed by atoms with Crippen molar-refractivity contribution < 1.29 is 13.9 Å². The van der Waals surface area contributed by atoms with E-state index < -0.39 is 0 Å². The van der Waals surface area contributed by atoms with Gasteiger partial charge in [-0.1, -0.05) is 30.3 Å². The summed E-state index contributed by atoms with van der Waals surface area (Å²) in [5.41, 5.74) is 2.49. The number of halogens is 1. The Morgan fingerprint density at radius 3 is 2.71 bits per heavy atom. The third-order valence-corrected chi connectivity index (χ3v) is 3.49. The molecule has 2 aromatic rings. The van der Waals surface area contributed by atoms with Gasteiger partial charge in [-0.05, 0) is 30.7 Å². The van der Waals surface area contributed by atoms with E-state index in [1.165, 1.54) is 25.3 Å². The van der Waals surface area contributed by atoms with Crippen molar-refractivity contribution in [2.24, 2.45) is 0 Å². The van der Waals surface area contributed by atoms with E-state index in [1.807, 2.05) is 37.3 Å². The number of hydrogen-bond donors (Lipinski definition) is 2. The lowest BCUT2D eigenvalue weighted by molar-refractivity contribution is 0.0528. The molecule has 2 N–H and O–H groups in total. The van der Waals surface area contributed by atoms with Crippen molar-refractivity contribution in [3.05, 3.63) is 77.8 Å². The molecule has 0 spiro atoms. The first-order valence-electron chi connectivity index (χ1n) is 7.60. The van der Waals surface area contributed by atoms with E-state index in [0.717, 1.165) is 11.3 Å². The average Bonchev–Trinajstić information content (AvgIpc) is 2.61. The number of methoxy groups -OCH3 is 1. The van der Waals surface area contributed by atoms with Crippen LogP contribution >= 0.6 is 0 Å². The van der Waals surface area contributed by atoms with Crippen LogP contribution in [0.4, 0.5) is 10.1 Å². The summed E-state index contributed by atoms with van der Waals surface area (Å²) in [6, 6.07) is 14.3. The average molecular weight is 328 g/mol. The summed E-state index contributed by atoms with van der Waals surface area (Å²) in [5.74, 6) is -0.293. The number of anilines is 1. The largest absolute Gasteiger partial charge is 0.481 e. The molecule has 0 saturated heterocycles. The minimum Gasteiger partial charge on any atom is -0.481 e. The first-order valence-corrected chi connectivity index (χ1v) is 7.60. The number of ether oxygens (including phenoxy) is 2. The molecular weight excluding hydrogens is 307 g/mol. The van der Waals surface area contributed by atoms with Crippen LogP contribution in [0.5, 0.6) is 0 Å². The molecule has 0 unspecified atom stereocenters. The molecule has 24 heavy (non-hydrogen) atoms. The number of hydrogen-bond acceptors (Lipinski definition) is 4. The highest BCUT2D eigenvalue weighted by Gasteiger charge is 2.12. The monoisotopic (exact) mass is 328 g/mol. The highest BCUT2D eigenvalue weighted by atomic mass is 19.1. The molecule has 0 heterocycles. The third kappa shape index (κ3) is 5.21. The molecule has 1 atom stereocenters. The van der Waals surface area contributed by atoms with Crippen LogP contribution in [0.2, 0.25) is 0 Å². The lowest BCUT2D eigenvalue weighted by Gasteiger charge is -2.17. The van der Waals surface area contributed by atoms with Crippen molar-refractivity contribution >= 4 is 11.6 Å². The summed E-state index contributed by atoms with van der Waals surface area (Å²) in [4.78, 5) is 0. The van der Waals surface area contributed by atoms with Crippen LogP contribution in [0.1, 0.15) is 24.2 Å². The zero-order valence-corrected chi connectivity index (χ0v) is 13.8.